The Morgan fingerprint density at radius 1 is 1.26 bits per heavy atom. The molecule has 186 valence electrons. The van der Waals surface area contributed by atoms with Gasteiger partial charge in [-0.3, -0.25) is 19.3 Å². The van der Waals surface area contributed by atoms with Crippen molar-refractivity contribution >= 4 is 23.2 Å². The van der Waals surface area contributed by atoms with Crippen molar-refractivity contribution in [3.8, 4) is 5.75 Å². The van der Waals surface area contributed by atoms with E-state index in [1.54, 1.807) is 48.6 Å². The van der Waals surface area contributed by atoms with Gasteiger partial charge >= 0.3 is 5.97 Å². The highest BCUT2D eigenvalue weighted by atomic mass is 32.1. The molecule has 35 heavy (non-hydrogen) atoms. The smallest absolute Gasteiger partial charge is 0.333 e. The molecule has 3 heterocycles. The summed E-state index contributed by atoms with van der Waals surface area (Å²) in [5.74, 6) is -0.921. The highest BCUT2D eigenvalue weighted by Crippen LogP contribution is 2.46. The molecule has 10 heteroatoms. The summed E-state index contributed by atoms with van der Waals surface area (Å²) in [5.41, 5.74) is -0.473. The molecule has 1 N–H and O–H groups in total. The number of ether oxygens (including phenoxy) is 1. The van der Waals surface area contributed by atoms with Crippen molar-refractivity contribution in [2.75, 3.05) is 14.2 Å². The van der Waals surface area contributed by atoms with E-state index in [2.05, 4.69) is 30.9 Å². The minimum Gasteiger partial charge on any atom is -0.496 e. The van der Waals surface area contributed by atoms with Crippen molar-refractivity contribution in [2.24, 2.45) is 0 Å². The van der Waals surface area contributed by atoms with Crippen molar-refractivity contribution in [1.82, 2.24) is 24.6 Å². The molecule has 1 aromatic carbocycles. The molecule has 0 aliphatic carbocycles. The maximum absolute atomic E-state index is 14.2. The Balaban J connectivity index is 1.90. The second-order valence-electron chi connectivity index (χ2n) is 9.86. The molecule has 4 rings (SSSR count). The predicted octanol–water partition coefficient (Wildman–Crippen LogP) is 3.64. The molecule has 1 amide bonds. The number of nitrogens with zero attached hydrogens (tertiary/aromatic N) is 5. The van der Waals surface area contributed by atoms with Gasteiger partial charge in [0.1, 0.15) is 16.9 Å². The third-order valence-corrected chi connectivity index (χ3v) is 7.66. The fourth-order valence-corrected chi connectivity index (χ4v) is 5.65. The molecular weight excluding hydrogens is 466 g/mol. The van der Waals surface area contributed by atoms with Crippen molar-refractivity contribution in [3.63, 3.8) is 0 Å². The van der Waals surface area contributed by atoms with Gasteiger partial charge in [0.2, 0.25) is 0 Å². The van der Waals surface area contributed by atoms with Crippen molar-refractivity contribution < 1.29 is 19.4 Å². The number of aliphatic carboxylic acids is 1. The molecule has 9 nitrogen and oxygen atoms in total. The number of benzene rings is 1. The topological polar surface area (TPSA) is 101 Å². The van der Waals surface area contributed by atoms with Gasteiger partial charge in [0.25, 0.3) is 5.91 Å². The van der Waals surface area contributed by atoms with E-state index >= 15 is 0 Å². The molecule has 1 fully saturated rings. The largest absolute Gasteiger partial charge is 0.496 e. The van der Waals surface area contributed by atoms with Crippen LogP contribution < -0.4 is 4.74 Å². The van der Waals surface area contributed by atoms with Crippen LogP contribution in [0.4, 0.5) is 0 Å². The molecular formula is C25H31N5O4S. The molecule has 1 saturated heterocycles. The predicted molar refractivity (Wildman–Crippen MR) is 133 cm³/mol. The summed E-state index contributed by atoms with van der Waals surface area (Å²) in [6.45, 7) is 8.03. The summed E-state index contributed by atoms with van der Waals surface area (Å²) in [4.78, 5) is 35.1. The number of hydrogen-bond donors (Lipinski definition) is 1. The Morgan fingerprint density at radius 2 is 2.00 bits per heavy atom. The molecule has 1 aliphatic heterocycles. The van der Waals surface area contributed by atoms with Crippen LogP contribution in [0.15, 0.2) is 48.2 Å². The lowest BCUT2D eigenvalue weighted by Gasteiger charge is -2.38. The van der Waals surface area contributed by atoms with E-state index in [4.69, 9.17) is 4.74 Å². The monoisotopic (exact) mass is 497 g/mol. The molecule has 3 unspecified atom stereocenters. The SMILES string of the molecule is COc1cc(C(=O)N2C(c3nccs3)N(C)C(C)C2(Cn2cccn2)C(=O)O)ccc1C(C)(C)C. The Kier molecular flexibility index (Phi) is 6.46. The summed E-state index contributed by atoms with van der Waals surface area (Å²) in [5, 5.41) is 17.4. The van der Waals surface area contributed by atoms with Crippen LogP contribution in [0.1, 0.15) is 54.8 Å². The van der Waals surface area contributed by atoms with Crippen LogP contribution >= 0.6 is 11.3 Å². The second-order valence-corrected chi connectivity index (χ2v) is 10.8. The van der Waals surface area contributed by atoms with Crippen LogP contribution in [0, 0.1) is 0 Å². The number of rotatable bonds is 6. The van der Waals surface area contributed by atoms with E-state index in [0.717, 1.165) is 5.56 Å². The van der Waals surface area contributed by atoms with Gasteiger partial charge in [0.05, 0.1) is 13.7 Å². The van der Waals surface area contributed by atoms with Gasteiger partial charge in [0.15, 0.2) is 5.54 Å². The van der Waals surface area contributed by atoms with Crippen LogP contribution in [-0.4, -0.2) is 67.3 Å². The van der Waals surface area contributed by atoms with Crippen LogP contribution in [0.3, 0.4) is 0 Å². The number of carboxylic acids is 1. The Labute approximate surface area is 209 Å². The molecule has 0 spiro atoms. The maximum atomic E-state index is 14.2. The van der Waals surface area contributed by atoms with Crippen LogP contribution in [0.2, 0.25) is 0 Å². The van der Waals surface area contributed by atoms with Gasteiger partial charge in [-0.2, -0.15) is 5.10 Å². The molecule has 1 aliphatic rings. The molecule has 0 saturated carbocycles. The van der Waals surface area contributed by atoms with Crippen molar-refractivity contribution in [3.05, 3.63) is 64.4 Å². The van der Waals surface area contributed by atoms with Crippen LogP contribution in [-0.2, 0) is 16.8 Å². The van der Waals surface area contributed by atoms with E-state index in [1.807, 2.05) is 30.3 Å². The number of hydrogen-bond acceptors (Lipinski definition) is 7. The average molecular weight is 498 g/mol. The number of amides is 1. The average Bonchev–Trinajstić information content (AvgIpc) is 3.56. The van der Waals surface area contributed by atoms with Crippen molar-refractivity contribution in [2.45, 2.75) is 57.4 Å². The van der Waals surface area contributed by atoms with E-state index in [-0.39, 0.29) is 12.0 Å². The lowest BCUT2D eigenvalue weighted by molar-refractivity contribution is -0.150. The highest BCUT2D eigenvalue weighted by molar-refractivity contribution is 7.09. The number of thiazole rings is 1. The van der Waals surface area contributed by atoms with E-state index in [1.165, 1.54) is 16.2 Å². The number of carbonyl (C=O) groups excluding carboxylic acids is 1. The van der Waals surface area contributed by atoms with Gasteiger partial charge in [-0.15, -0.1) is 11.3 Å². The maximum Gasteiger partial charge on any atom is 0.333 e. The first-order valence-corrected chi connectivity index (χ1v) is 12.2. The van der Waals surface area contributed by atoms with E-state index in [0.29, 0.717) is 16.3 Å². The third kappa shape index (κ3) is 4.10. The van der Waals surface area contributed by atoms with E-state index < -0.39 is 29.6 Å². The van der Waals surface area contributed by atoms with Gasteiger partial charge in [-0.1, -0.05) is 26.8 Å². The number of carbonyl (C=O) groups is 2. The van der Waals surface area contributed by atoms with Crippen molar-refractivity contribution in [1.29, 1.82) is 0 Å². The van der Waals surface area contributed by atoms with Gasteiger partial charge < -0.3 is 9.84 Å². The summed E-state index contributed by atoms with van der Waals surface area (Å²) < 4.78 is 7.19. The summed E-state index contributed by atoms with van der Waals surface area (Å²) in [6, 6.07) is 6.53. The van der Waals surface area contributed by atoms with E-state index in [9.17, 15) is 14.7 Å². The first-order chi connectivity index (χ1) is 16.5. The fraction of sp³-hybridized carbons (Fsp3) is 0.440. The van der Waals surface area contributed by atoms with Crippen LogP contribution in [0.25, 0.3) is 0 Å². The first-order valence-electron chi connectivity index (χ1n) is 11.4. The minimum absolute atomic E-state index is 0.00827. The normalized spacial score (nSPS) is 23.0. The number of methoxy groups -OCH3 is 1. The summed E-state index contributed by atoms with van der Waals surface area (Å²) >= 11 is 1.39. The fourth-order valence-electron chi connectivity index (χ4n) is 4.87. The molecule has 3 atom stereocenters. The quantitative estimate of drug-likeness (QED) is 0.555. The Hall–Kier alpha value is -3.24. The molecule has 0 radical (unpaired) electrons. The molecule has 0 bridgehead atoms. The summed E-state index contributed by atoms with van der Waals surface area (Å²) in [7, 11) is 3.40. The standard InChI is InChI=1S/C25H31N5O4S/c1-16-25(23(32)33,15-29-12-7-10-27-29)30(21(28(16)5)20-26-11-13-35-20)22(31)17-8-9-18(24(2,3)4)19(14-17)34-6/h7-14,16,21H,15H2,1-6H3,(H,32,33). The molecule has 2 aromatic heterocycles. The van der Waals surface area contributed by atoms with Gasteiger partial charge in [-0.25, -0.2) is 9.78 Å². The zero-order valence-electron chi connectivity index (χ0n) is 20.8. The van der Waals surface area contributed by atoms with Gasteiger partial charge in [-0.05, 0) is 43.1 Å². The number of carboxylic acid groups (broad SMARTS) is 1. The Bertz CT molecular complexity index is 1210. The highest BCUT2D eigenvalue weighted by Gasteiger charge is 2.63. The minimum atomic E-state index is -1.59. The first kappa shape index (κ1) is 24.9. The van der Waals surface area contributed by atoms with Crippen LogP contribution in [0.5, 0.6) is 5.75 Å². The van der Waals surface area contributed by atoms with Gasteiger partial charge in [0, 0.05) is 35.6 Å². The second kappa shape index (κ2) is 9.09. The third-order valence-electron chi connectivity index (χ3n) is 6.84. The zero-order chi connectivity index (χ0) is 25.5. The molecule has 3 aromatic rings. The Morgan fingerprint density at radius 3 is 2.54 bits per heavy atom. The number of likely N-dealkylation sites (N-methyl/N-ethyl adjacent to an activating group) is 1. The lowest BCUT2D eigenvalue weighted by atomic mass is 9.85. The zero-order valence-corrected chi connectivity index (χ0v) is 21.6. The lowest BCUT2D eigenvalue weighted by Crippen LogP contribution is -2.61. The summed E-state index contributed by atoms with van der Waals surface area (Å²) in [6.07, 6.45) is 4.31. The number of aromatic nitrogens is 3.